The molecule has 1 aliphatic rings. The third kappa shape index (κ3) is 3.45. The molecule has 1 saturated heterocycles. The molecule has 1 fully saturated rings. The van der Waals surface area contributed by atoms with Gasteiger partial charge in [0.15, 0.2) is 5.82 Å². The lowest BCUT2D eigenvalue weighted by Crippen LogP contribution is -2.36. The van der Waals surface area contributed by atoms with Gasteiger partial charge in [0.1, 0.15) is 10.7 Å². The van der Waals surface area contributed by atoms with E-state index < -0.39 is 0 Å². The zero-order chi connectivity index (χ0) is 17.9. The molecule has 0 aromatic carbocycles. The van der Waals surface area contributed by atoms with Crippen LogP contribution < -0.4 is 4.90 Å². The molecule has 0 amide bonds. The zero-order valence-corrected chi connectivity index (χ0v) is 15.7. The van der Waals surface area contributed by atoms with Crippen LogP contribution in [0.2, 0.25) is 0 Å². The second-order valence-corrected chi connectivity index (χ2v) is 6.98. The standard InChI is InChI=1S/C19H21N5OS/c1-13-19(26-2)23-18(22-13)17-10-14(3-4-21-17)15-9-16(12-20-11-15)24-5-7-25-8-6-24/h3-4,9-12H,5-8H2,1-2H3,(H,22,23). The van der Waals surface area contributed by atoms with Gasteiger partial charge in [-0.25, -0.2) is 4.98 Å². The molecule has 3 aromatic heterocycles. The average Bonchev–Trinajstić information content (AvgIpc) is 3.10. The number of aromatic amines is 1. The highest BCUT2D eigenvalue weighted by atomic mass is 32.2. The number of aromatic nitrogens is 4. The predicted molar refractivity (Wildman–Crippen MR) is 105 cm³/mol. The lowest BCUT2D eigenvalue weighted by molar-refractivity contribution is 0.122. The highest BCUT2D eigenvalue weighted by Gasteiger charge is 2.13. The molecule has 0 bridgehead atoms. The fourth-order valence-electron chi connectivity index (χ4n) is 3.08. The lowest BCUT2D eigenvalue weighted by atomic mass is 10.1. The van der Waals surface area contributed by atoms with E-state index in [9.17, 15) is 0 Å². The van der Waals surface area contributed by atoms with Crippen molar-refractivity contribution >= 4 is 17.4 Å². The molecule has 0 radical (unpaired) electrons. The summed E-state index contributed by atoms with van der Waals surface area (Å²) in [6.45, 7) is 5.35. The fraction of sp³-hybridized carbons (Fsp3) is 0.316. The Bertz CT molecular complexity index is 904. The number of imidazole rings is 1. The van der Waals surface area contributed by atoms with Crippen LogP contribution in [0, 0.1) is 6.92 Å². The summed E-state index contributed by atoms with van der Waals surface area (Å²) in [4.78, 5) is 19.2. The van der Waals surface area contributed by atoms with Crippen LogP contribution in [0.15, 0.2) is 41.8 Å². The first-order valence-corrected chi connectivity index (χ1v) is 9.82. The van der Waals surface area contributed by atoms with Gasteiger partial charge in [-0.15, -0.1) is 11.8 Å². The monoisotopic (exact) mass is 367 g/mol. The van der Waals surface area contributed by atoms with E-state index in [0.717, 1.165) is 65.4 Å². The van der Waals surface area contributed by atoms with Gasteiger partial charge in [0.2, 0.25) is 0 Å². The van der Waals surface area contributed by atoms with Crippen LogP contribution in [-0.4, -0.2) is 52.5 Å². The number of nitrogens with zero attached hydrogens (tertiary/aromatic N) is 4. The van der Waals surface area contributed by atoms with Crippen molar-refractivity contribution in [3.8, 4) is 22.6 Å². The van der Waals surface area contributed by atoms with Crippen LogP contribution in [0.4, 0.5) is 5.69 Å². The van der Waals surface area contributed by atoms with Crippen molar-refractivity contribution in [1.82, 2.24) is 19.9 Å². The van der Waals surface area contributed by atoms with Gasteiger partial charge in [-0.3, -0.25) is 9.97 Å². The van der Waals surface area contributed by atoms with Gasteiger partial charge in [-0.2, -0.15) is 0 Å². The van der Waals surface area contributed by atoms with Gasteiger partial charge in [0.05, 0.1) is 25.1 Å². The molecular weight excluding hydrogens is 346 g/mol. The third-order valence-corrected chi connectivity index (χ3v) is 5.25. The summed E-state index contributed by atoms with van der Waals surface area (Å²) in [5, 5.41) is 1.00. The summed E-state index contributed by atoms with van der Waals surface area (Å²) in [5.41, 5.74) is 5.18. The van der Waals surface area contributed by atoms with Crippen LogP contribution >= 0.6 is 11.8 Å². The van der Waals surface area contributed by atoms with E-state index in [-0.39, 0.29) is 0 Å². The number of pyridine rings is 2. The zero-order valence-electron chi connectivity index (χ0n) is 14.9. The van der Waals surface area contributed by atoms with E-state index >= 15 is 0 Å². The predicted octanol–water partition coefficient (Wildman–Crippen LogP) is 3.40. The Hall–Kier alpha value is -2.38. The molecule has 0 spiro atoms. The molecule has 7 heteroatoms. The normalized spacial score (nSPS) is 14.6. The van der Waals surface area contributed by atoms with Gasteiger partial charge in [-0.05, 0) is 36.9 Å². The fourth-order valence-corrected chi connectivity index (χ4v) is 3.62. The Morgan fingerprint density at radius 2 is 2.00 bits per heavy atom. The number of ether oxygens (including phenoxy) is 1. The Kier molecular flexibility index (Phi) is 4.90. The van der Waals surface area contributed by atoms with Crippen molar-refractivity contribution in [1.29, 1.82) is 0 Å². The number of anilines is 1. The van der Waals surface area contributed by atoms with Crippen LogP contribution in [0.1, 0.15) is 5.69 Å². The number of hydrogen-bond acceptors (Lipinski definition) is 6. The van der Waals surface area contributed by atoms with E-state index in [4.69, 9.17) is 4.74 Å². The van der Waals surface area contributed by atoms with E-state index in [2.05, 4.69) is 37.0 Å². The quantitative estimate of drug-likeness (QED) is 0.713. The molecule has 6 nitrogen and oxygen atoms in total. The summed E-state index contributed by atoms with van der Waals surface area (Å²) in [5.74, 6) is 0.797. The SMILES string of the molecule is CSc1nc(-c2cc(-c3cncc(N4CCOCC4)c3)ccn2)[nH]c1C. The summed E-state index contributed by atoms with van der Waals surface area (Å²) >= 11 is 1.63. The number of H-pyrrole nitrogens is 1. The van der Waals surface area contributed by atoms with E-state index in [1.54, 1.807) is 11.8 Å². The van der Waals surface area contributed by atoms with E-state index in [1.165, 1.54) is 0 Å². The van der Waals surface area contributed by atoms with Crippen molar-refractivity contribution in [2.45, 2.75) is 11.9 Å². The van der Waals surface area contributed by atoms with E-state index in [0.29, 0.717) is 0 Å². The second-order valence-electron chi connectivity index (χ2n) is 6.18. The van der Waals surface area contributed by atoms with Crippen molar-refractivity contribution < 1.29 is 4.74 Å². The molecule has 4 rings (SSSR count). The molecule has 1 aliphatic heterocycles. The smallest absolute Gasteiger partial charge is 0.157 e. The van der Waals surface area contributed by atoms with Crippen LogP contribution in [0.5, 0.6) is 0 Å². The van der Waals surface area contributed by atoms with Crippen molar-refractivity contribution in [3.05, 3.63) is 42.5 Å². The second kappa shape index (κ2) is 7.47. The van der Waals surface area contributed by atoms with Gasteiger partial charge in [0.25, 0.3) is 0 Å². The Balaban J connectivity index is 1.66. The summed E-state index contributed by atoms with van der Waals surface area (Å²) < 4.78 is 5.44. The molecule has 26 heavy (non-hydrogen) atoms. The number of nitrogens with one attached hydrogen (secondary N) is 1. The van der Waals surface area contributed by atoms with Crippen LogP contribution in [0.3, 0.4) is 0 Å². The number of hydrogen-bond donors (Lipinski definition) is 1. The molecule has 4 heterocycles. The first-order chi connectivity index (χ1) is 12.7. The lowest BCUT2D eigenvalue weighted by Gasteiger charge is -2.28. The molecule has 134 valence electrons. The minimum absolute atomic E-state index is 0.763. The molecule has 0 aliphatic carbocycles. The first kappa shape index (κ1) is 17.1. The first-order valence-electron chi connectivity index (χ1n) is 8.60. The topological polar surface area (TPSA) is 66.9 Å². The number of morpholine rings is 1. The van der Waals surface area contributed by atoms with Crippen molar-refractivity contribution in [2.75, 3.05) is 37.5 Å². The minimum Gasteiger partial charge on any atom is -0.378 e. The summed E-state index contributed by atoms with van der Waals surface area (Å²) in [7, 11) is 0. The van der Waals surface area contributed by atoms with Crippen LogP contribution in [0.25, 0.3) is 22.6 Å². The molecular formula is C19H21N5OS. The van der Waals surface area contributed by atoms with Gasteiger partial charge in [0, 0.05) is 36.7 Å². The summed E-state index contributed by atoms with van der Waals surface area (Å²) in [6, 6.07) is 6.25. The average molecular weight is 367 g/mol. The molecule has 0 atom stereocenters. The molecule has 3 aromatic rings. The van der Waals surface area contributed by atoms with Gasteiger partial charge < -0.3 is 14.6 Å². The van der Waals surface area contributed by atoms with Crippen molar-refractivity contribution in [2.24, 2.45) is 0 Å². The Morgan fingerprint density at radius 1 is 1.15 bits per heavy atom. The number of thioether (sulfide) groups is 1. The number of aryl methyl sites for hydroxylation is 1. The molecule has 1 N–H and O–H groups in total. The summed E-state index contributed by atoms with van der Waals surface area (Å²) in [6.07, 6.45) is 7.66. The maximum atomic E-state index is 5.44. The third-order valence-electron chi connectivity index (χ3n) is 4.47. The molecule has 0 saturated carbocycles. The maximum Gasteiger partial charge on any atom is 0.157 e. The molecule has 0 unspecified atom stereocenters. The van der Waals surface area contributed by atoms with Gasteiger partial charge >= 0.3 is 0 Å². The number of rotatable bonds is 4. The highest BCUT2D eigenvalue weighted by Crippen LogP contribution is 2.28. The minimum atomic E-state index is 0.763. The highest BCUT2D eigenvalue weighted by molar-refractivity contribution is 7.98. The van der Waals surface area contributed by atoms with Crippen molar-refractivity contribution in [3.63, 3.8) is 0 Å². The maximum absolute atomic E-state index is 5.44. The van der Waals surface area contributed by atoms with E-state index in [1.807, 2.05) is 37.8 Å². The largest absolute Gasteiger partial charge is 0.378 e. The van der Waals surface area contributed by atoms with Crippen LogP contribution in [-0.2, 0) is 4.74 Å². The Labute approximate surface area is 157 Å². The Morgan fingerprint density at radius 3 is 2.77 bits per heavy atom. The van der Waals surface area contributed by atoms with Gasteiger partial charge in [-0.1, -0.05) is 0 Å².